The molecule has 0 fully saturated rings. The van der Waals surface area contributed by atoms with Gasteiger partial charge in [0.15, 0.2) is 0 Å². The van der Waals surface area contributed by atoms with E-state index in [0.29, 0.717) is 6.54 Å². The van der Waals surface area contributed by atoms with Gasteiger partial charge in [-0.05, 0) is 23.8 Å². The first-order valence-electron chi connectivity index (χ1n) is 8.71. The van der Waals surface area contributed by atoms with Crippen molar-refractivity contribution in [2.75, 3.05) is 20.6 Å². The lowest BCUT2D eigenvalue weighted by molar-refractivity contribution is -0.131. The normalized spacial score (nSPS) is 15.1. The molecule has 3 rings (SSSR count). The number of amides is 2. The lowest BCUT2D eigenvalue weighted by Gasteiger charge is -2.14. The maximum Gasteiger partial charge on any atom is 0.222 e. The average Bonchev–Trinajstić information content (AvgIpc) is 3.08. The SMILES string of the molecule is CN(C)C(=O)CCC(=O)NCC1Cc2cccc(-c3ccccn3)c2O1. The van der Waals surface area contributed by atoms with Crippen molar-refractivity contribution in [3.05, 3.63) is 48.2 Å². The Balaban J connectivity index is 1.56. The quantitative estimate of drug-likeness (QED) is 0.863. The topological polar surface area (TPSA) is 71.5 Å². The second kappa shape index (κ2) is 7.99. The predicted molar refractivity (Wildman–Crippen MR) is 98.7 cm³/mol. The molecule has 136 valence electrons. The van der Waals surface area contributed by atoms with Gasteiger partial charge in [0.05, 0.1) is 12.2 Å². The molecule has 1 aromatic heterocycles. The Morgan fingerprint density at radius 2 is 2.04 bits per heavy atom. The van der Waals surface area contributed by atoms with E-state index in [0.717, 1.165) is 29.0 Å². The zero-order valence-corrected chi connectivity index (χ0v) is 15.1. The van der Waals surface area contributed by atoms with Crippen molar-refractivity contribution in [1.29, 1.82) is 0 Å². The molecule has 0 saturated heterocycles. The van der Waals surface area contributed by atoms with Crippen molar-refractivity contribution in [2.24, 2.45) is 0 Å². The van der Waals surface area contributed by atoms with Gasteiger partial charge in [0.1, 0.15) is 11.9 Å². The van der Waals surface area contributed by atoms with Crippen molar-refractivity contribution >= 4 is 11.8 Å². The monoisotopic (exact) mass is 353 g/mol. The van der Waals surface area contributed by atoms with Crippen LogP contribution in [0.3, 0.4) is 0 Å². The number of ether oxygens (including phenoxy) is 1. The number of hydrogen-bond acceptors (Lipinski definition) is 4. The molecule has 1 atom stereocenters. The first-order valence-corrected chi connectivity index (χ1v) is 8.71. The van der Waals surface area contributed by atoms with Crippen LogP contribution in [-0.4, -0.2) is 48.4 Å². The number of para-hydroxylation sites is 1. The molecule has 0 aliphatic carbocycles. The summed E-state index contributed by atoms with van der Waals surface area (Å²) < 4.78 is 6.08. The van der Waals surface area contributed by atoms with Crippen molar-refractivity contribution in [3.8, 4) is 17.0 Å². The summed E-state index contributed by atoms with van der Waals surface area (Å²) in [6.45, 7) is 0.422. The Bertz CT molecular complexity index is 790. The molecular weight excluding hydrogens is 330 g/mol. The molecule has 2 heterocycles. The molecule has 6 heteroatoms. The first kappa shape index (κ1) is 17.9. The first-order chi connectivity index (χ1) is 12.5. The molecule has 1 unspecified atom stereocenters. The molecule has 2 aromatic rings. The Kier molecular flexibility index (Phi) is 5.51. The van der Waals surface area contributed by atoms with Gasteiger partial charge in [-0.25, -0.2) is 0 Å². The molecule has 0 spiro atoms. The number of nitrogens with zero attached hydrogens (tertiary/aromatic N) is 2. The number of nitrogens with one attached hydrogen (secondary N) is 1. The summed E-state index contributed by atoms with van der Waals surface area (Å²) in [5.74, 6) is 0.655. The minimum Gasteiger partial charge on any atom is -0.487 e. The molecule has 1 N–H and O–H groups in total. The van der Waals surface area contributed by atoms with E-state index in [1.165, 1.54) is 4.90 Å². The van der Waals surface area contributed by atoms with E-state index < -0.39 is 0 Å². The van der Waals surface area contributed by atoms with Crippen LogP contribution in [-0.2, 0) is 16.0 Å². The third kappa shape index (κ3) is 4.20. The van der Waals surface area contributed by atoms with E-state index in [1.807, 2.05) is 36.4 Å². The third-order valence-corrected chi connectivity index (χ3v) is 4.36. The zero-order chi connectivity index (χ0) is 18.5. The van der Waals surface area contributed by atoms with Gasteiger partial charge < -0.3 is 15.0 Å². The molecule has 0 bridgehead atoms. The van der Waals surface area contributed by atoms with Gasteiger partial charge in [-0.3, -0.25) is 14.6 Å². The van der Waals surface area contributed by atoms with Crippen molar-refractivity contribution < 1.29 is 14.3 Å². The summed E-state index contributed by atoms with van der Waals surface area (Å²) in [7, 11) is 3.37. The van der Waals surface area contributed by atoms with Gasteiger partial charge in [0.2, 0.25) is 11.8 Å². The number of carbonyl (C=O) groups is 2. The second-order valence-electron chi connectivity index (χ2n) is 6.55. The molecule has 1 aliphatic heterocycles. The van der Waals surface area contributed by atoms with Gasteiger partial charge in [0.25, 0.3) is 0 Å². The number of pyridine rings is 1. The van der Waals surface area contributed by atoms with Crippen LogP contribution < -0.4 is 10.1 Å². The number of benzene rings is 1. The number of rotatable bonds is 6. The lowest BCUT2D eigenvalue weighted by Crippen LogP contribution is -2.35. The molecule has 6 nitrogen and oxygen atoms in total. The number of aromatic nitrogens is 1. The average molecular weight is 353 g/mol. The highest BCUT2D eigenvalue weighted by Crippen LogP contribution is 2.37. The summed E-state index contributed by atoms with van der Waals surface area (Å²) in [5, 5.41) is 2.86. The lowest BCUT2D eigenvalue weighted by atomic mass is 10.0. The molecular formula is C20H23N3O3. The predicted octanol–water partition coefficient (Wildman–Crippen LogP) is 2.04. The second-order valence-corrected chi connectivity index (χ2v) is 6.55. The summed E-state index contributed by atoms with van der Waals surface area (Å²) in [6.07, 6.45) is 2.80. The van der Waals surface area contributed by atoms with Gasteiger partial charge in [-0.15, -0.1) is 0 Å². The Morgan fingerprint density at radius 1 is 1.19 bits per heavy atom. The molecule has 1 aliphatic rings. The Morgan fingerprint density at radius 3 is 2.77 bits per heavy atom. The molecule has 2 amide bonds. The maximum atomic E-state index is 11.9. The van der Waals surface area contributed by atoms with Crippen LogP contribution in [0.5, 0.6) is 5.75 Å². The zero-order valence-electron chi connectivity index (χ0n) is 15.1. The fraction of sp³-hybridized carbons (Fsp3) is 0.350. The summed E-state index contributed by atoms with van der Waals surface area (Å²) in [6, 6.07) is 11.8. The van der Waals surface area contributed by atoms with E-state index in [1.54, 1.807) is 20.3 Å². The molecule has 1 aromatic carbocycles. The van der Waals surface area contributed by atoms with Crippen LogP contribution in [0.1, 0.15) is 18.4 Å². The highest BCUT2D eigenvalue weighted by Gasteiger charge is 2.26. The van der Waals surface area contributed by atoms with Crippen LogP contribution in [0, 0.1) is 0 Å². The van der Waals surface area contributed by atoms with Gasteiger partial charge in [-0.1, -0.05) is 18.2 Å². The fourth-order valence-electron chi connectivity index (χ4n) is 2.94. The van der Waals surface area contributed by atoms with Crippen LogP contribution >= 0.6 is 0 Å². The minimum atomic E-state index is -0.135. The highest BCUT2D eigenvalue weighted by atomic mass is 16.5. The van der Waals surface area contributed by atoms with Gasteiger partial charge in [-0.2, -0.15) is 0 Å². The van der Waals surface area contributed by atoms with Crippen molar-refractivity contribution in [2.45, 2.75) is 25.4 Å². The van der Waals surface area contributed by atoms with E-state index in [4.69, 9.17) is 4.74 Å². The molecule has 26 heavy (non-hydrogen) atoms. The van der Waals surface area contributed by atoms with Gasteiger partial charge >= 0.3 is 0 Å². The van der Waals surface area contributed by atoms with Crippen molar-refractivity contribution in [3.63, 3.8) is 0 Å². The summed E-state index contributed by atoms with van der Waals surface area (Å²) >= 11 is 0. The molecule has 0 radical (unpaired) electrons. The number of carbonyl (C=O) groups excluding carboxylic acids is 2. The highest BCUT2D eigenvalue weighted by molar-refractivity contribution is 5.83. The van der Waals surface area contributed by atoms with Crippen LogP contribution in [0.2, 0.25) is 0 Å². The smallest absolute Gasteiger partial charge is 0.222 e. The molecule has 0 saturated carbocycles. The van der Waals surface area contributed by atoms with Crippen molar-refractivity contribution in [1.82, 2.24) is 15.2 Å². The van der Waals surface area contributed by atoms with Crippen LogP contribution in [0.4, 0.5) is 0 Å². The van der Waals surface area contributed by atoms with Crippen LogP contribution in [0.15, 0.2) is 42.6 Å². The van der Waals surface area contributed by atoms with Crippen LogP contribution in [0.25, 0.3) is 11.3 Å². The fourth-order valence-corrected chi connectivity index (χ4v) is 2.94. The maximum absolute atomic E-state index is 11.9. The van der Waals surface area contributed by atoms with E-state index >= 15 is 0 Å². The summed E-state index contributed by atoms with van der Waals surface area (Å²) in [5.41, 5.74) is 2.96. The largest absolute Gasteiger partial charge is 0.487 e. The standard InChI is InChI=1S/C20H23N3O3/c1-23(2)19(25)10-9-18(24)22-13-15-12-14-6-5-7-16(20(14)26-15)17-8-3-4-11-21-17/h3-8,11,15H,9-10,12-13H2,1-2H3,(H,22,24). The van der Waals surface area contributed by atoms with Gasteiger partial charge in [0, 0.05) is 45.1 Å². The van der Waals surface area contributed by atoms with E-state index in [9.17, 15) is 9.59 Å². The van der Waals surface area contributed by atoms with E-state index in [2.05, 4.69) is 10.3 Å². The third-order valence-electron chi connectivity index (χ3n) is 4.36. The van der Waals surface area contributed by atoms with E-state index in [-0.39, 0.29) is 30.8 Å². The number of fused-ring (bicyclic) bond motifs is 1. The number of hydrogen-bond donors (Lipinski definition) is 1. The summed E-state index contributed by atoms with van der Waals surface area (Å²) in [4.78, 5) is 29.4. The Hall–Kier alpha value is -2.89. The minimum absolute atomic E-state index is 0.0512. The Labute approximate surface area is 153 Å².